The second kappa shape index (κ2) is 9.87. The van der Waals surface area contributed by atoms with E-state index in [4.69, 9.17) is 18.6 Å². The van der Waals surface area contributed by atoms with Crippen molar-refractivity contribution in [1.82, 2.24) is 5.32 Å². The number of ether oxygens (including phenoxy) is 3. The van der Waals surface area contributed by atoms with Crippen molar-refractivity contribution < 1.29 is 23.4 Å². The number of methoxy groups -OCH3 is 3. The van der Waals surface area contributed by atoms with Gasteiger partial charge in [0.25, 0.3) is 0 Å². The molecule has 1 atom stereocenters. The van der Waals surface area contributed by atoms with Crippen LogP contribution in [0.15, 0.2) is 34.7 Å². The summed E-state index contributed by atoms with van der Waals surface area (Å²) in [4.78, 5) is 12.5. The molecule has 0 spiro atoms. The van der Waals surface area contributed by atoms with Gasteiger partial charge in [0.15, 0.2) is 0 Å². The Hall–Kier alpha value is -2.47. The van der Waals surface area contributed by atoms with Crippen molar-refractivity contribution in [2.45, 2.75) is 32.2 Å². The van der Waals surface area contributed by atoms with Crippen LogP contribution in [0.3, 0.4) is 0 Å². The maximum atomic E-state index is 12.5. The maximum Gasteiger partial charge on any atom is 0.220 e. The molecule has 6 nitrogen and oxygen atoms in total. The van der Waals surface area contributed by atoms with Gasteiger partial charge < -0.3 is 23.9 Å². The SMILES string of the molecule is COCCC(NC(=O)CCc1cc(OC)ccc1OC)c1ccc(C)o1. The average Bonchev–Trinajstić information content (AvgIpc) is 3.09. The maximum absolute atomic E-state index is 12.5. The van der Waals surface area contributed by atoms with E-state index in [1.807, 2.05) is 37.3 Å². The molecule has 1 unspecified atom stereocenters. The van der Waals surface area contributed by atoms with Gasteiger partial charge in [-0.1, -0.05) is 0 Å². The Labute approximate surface area is 154 Å². The number of carbonyl (C=O) groups excluding carboxylic acids is 1. The largest absolute Gasteiger partial charge is 0.497 e. The minimum atomic E-state index is -0.205. The Balaban J connectivity index is 1.99. The lowest BCUT2D eigenvalue weighted by Crippen LogP contribution is -2.29. The van der Waals surface area contributed by atoms with Gasteiger partial charge in [-0.25, -0.2) is 0 Å². The summed E-state index contributed by atoms with van der Waals surface area (Å²) in [5, 5.41) is 3.03. The fraction of sp³-hybridized carbons (Fsp3) is 0.450. The van der Waals surface area contributed by atoms with E-state index in [1.165, 1.54) is 0 Å². The third-order valence-corrected chi connectivity index (χ3v) is 4.16. The molecule has 0 saturated carbocycles. The molecule has 26 heavy (non-hydrogen) atoms. The molecule has 1 N–H and O–H groups in total. The van der Waals surface area contributed by atoms with Gasteiger partial charge in [0, 0.05) is 20.1 Å². The molecule has 0 saturated heterocycles. The molecule has 1 heterocycles. The van der Waals surface area contributed by atoms with Crippen LogP contribution in [0.1, 0.15) is 36.0 Å². The van der Waals surface area contributed by atoms with Crippen LogP contribution < -0.4 is 14.8 Å². The highest BCUT2D eigenvalue weighted by Gasteiger charge is 2.18. The van der Waals surface area contributed by atoms with Crippen molar-refractivity contribution in [2.75, 3.05) is 27.9 Å². The first-order chi connectivity index (χ1) is 12.6. The Morgan fingerprint density at radius 3 is 2.58 bits per heavy atom. The van der Waals surface area contributed by atoms with Gasteiger partial charge in [-0.15, -0.1) is 0 Å². The van der Waals surface area contributed by atoms with Crippen molar-refractivity contribution in [3.8, 4) is 11.5 Å². The second-order valence-electron chi connectivity index (χ2n) is 6.03. The Morgan fingerprint density at radius 1 is 1.15 bits per heavy atom. The van der Waals surface area contributed by atoms with Crippen LogP contribution in [0, 0.1) is 6.92 Å². The Bertz CT molecular complexity index is 710. The number of hydrogen-bond acceptors (Lipinski definition) is 5. The molecule has 1 aromatic heterocycles. The van der Waals surface area contributed by atoms with E-state index in [2.05, 4.69) is 5.32 Å². The molecule has 142 valence electrons. The lowest BCUT2D eigenvalue weighted by atomic mass is 10.1. The zero-order valence-electron chi connectivity index (χ0n) is 15.8. The van der Waals surface area contributed by atoms with E-state index in [1.54, 1.807) is 21.3 Å². The first-order valence-corrected chi connectivity index (χ1v) is 8.63. The van der Waals surface area contributed by atoms with Crippen LogP contribution in [0.25, 0.3) is 0 Å². The Kier molecular flexibility index (Phi) is 7.53. The molecular formula is C20H27NO5. The molecule has 6 heteroatoms. The highest BCUT2D eigenvalue weighted by molar-refractivity contribution is 5.76. The van der Waals surface area contributed by atoms with Crippen molar-refractivity contribution in [1.29, 1.82) is 0 Å². The van der Waals surface area contributed by atoms with Crippen molar-refractivity contribution in [3.05, 3.63) is 47.4 Å². The molecule has 0 aliphatic heterocycles. The fourth-order valence-electron chi connectivity index (χ4n) is 2.75. The number of amides is 1. The minimum absolute atomic E-state index is 0.0509. The predicted molar refractivity (Wildman–Crippen MR) is 98.7 cm³/mol. The minimum Gasteiger partial charge on any atom is -0.497 e. The third-order valence-electron chi connectivity index (χ3n) is 4.16. The van der Waals surface area contributed by atoms with Gasteiger partial charge in [0.1, 0.15) is 23.0 Å². The molecule has 2 aromatic rings. The number of hydrogen-bond donors (Lipinski definition) is 1. The molecule has 2 rings (SSSR count). The molecule has 0 bridgehead atoms. The summed E-state index contributed by atoms with van der Waals surface area (Å²) in [6, 6.07) is 9.15. The standard InChI is InChI=1S/C20H27NO5/c1-14-5-8-19(26-14)17(11-12-23-2)21-20(22)10-6-15-13-16(24-3)7-9-18(15)25-4/h5,7-9,13,17H,6,10-12H2,1-4H3,(H,21,22). The number of furan rings is 1. The zero-order valence-corrected chi connectivity index (χ0v) is 15.8. The number of aryl methyl sites for hydroxylation is 2. The van der Waals surface area contributed by atoms with E-state index in [9.17, 15) is 4.79 Å². The van der Waals surface area contributed by atoms with Crippen LogP contribution in [0.2, 0.25) is 0 Å². The summed E-state index contributed by atoms with van der Waals surface area (Å²) in [5.41, 5.74) is 0.935. The van der Waals surface area contributed by atoms with E-state index >= 15 is 0 Å². The summed E-state index contributed by atoms with van der Waals surface area (Å²) in [6.45, 7) is 2.42. The van der Waals surface area contributed by atoms with E-state index in [0.29, 0.717) is 25.9 Å². The van der Waals surface area contributed by atoms with Gasteiger partial charge in [-0.2, -0.15) is 0 Å². The predicted octanol–water partition coefficient (Wildman–Crippen LogP) is 3.43. The van der Waals surface area contributed by atoms with Gasteiger partial charge in [-0.3, -0.25) is 4.79 Å². The quantitative estimate of drug-likeness (QED) is 0.702. The molecule has 0 aliphatic carbocycles. The summed E-state index contributed by atoms with van der Waals surface area (Å²) < 4.78 is 21.4. The van der Waals surface area contributed by atoms with Crippen LogP contribution in [0.5, 0.6) is 11.5 Å². The van der Waals surface area contributed by atoms with Gasteiger partial charge >= 0.3 is 0 Å². The van der Waals surface area contributed by atoms with E-state index < -0.39 is 0 Å². The van der Waals surface area contributed by atoms with Crippen LogP contribution in [0.4, 0.5) is 0 Å². The zero-order chi connectivity index (χ0) is 18.9. The molecule has 0 fully saturated rings. The molecule has 1 amide bonds. The molecular weight excluding hydrogens is 334 g/mol. The Morgan fingerprint density at radius 2 is 1.96 bits per heavy atom. The monoisotopic (exact) mass is 361 g/mol. The smallest absolute Gasteiger partial charge is 0.220 e. The number of carbonyl (C=O) groups is 1. The van der Waals surface area contributed by atoms with E-state index in [-0.39, 0.29) is 11.9 Å². The van der Waals surface area contributed by atoms with Crippen molar-refractivity contribution >= 4 is 5.91 Å². The molecule has 1 aromatic carbocycles. The van der Waals surface area contributed by atoms with Gasteiger partial charge in [0.05, 0.1) is 20.3 Å². The number of benzene rings is 1. The first-order valence-electron chi connectivity index (χ1n) is 8.63. The topological polar surface area (TPSA) is 69.9 Å². The lowest BCUT2D eigenvalue weighted by molar-refractivity contribution is -0.122. The van der Waals surface area contributed by atoms with Crippen LogP contribution in [-0.4, -0.2) is 33.8 Å². The number of rotatable bonds is 10. The summed E-state index contributed by atoms with van der Waals surface area (Å²) in [6.07, 6.45) is 1.55. The number of nitrogens with one attached hydrogen (secondary N) is 1. The lowest BCUT2D eigenvalue weighted by Gasteiger charge is -2.17. The third kappa shape index (κ3) is 5.52. The van der Waals surface area contributed by atoms with Crippen LogP contribution in [-0.2, 0) is 16.0 Å². The molecule has 0 radical (unpaired) electrons. The fourth-order valence-corrected chi connectivity index (χ4v) is 2.75. The summed E-state index contributed by atoms with van der Waals surface area (Å²) in [5.74, 6) is 3.00. The normalized spacial score (nSPS) is 11.8. The van der Waals surface area contributed by atoms with Gasteiger partial charge in [0.2, 0.25) is 5.91 Å². The highest BCUT2D eigenvalue weighted by Crippen LogP contribution is 2.25. The molecule has 0 aliphatic rings. The van der Waals surface area contributed by atoms with Gasteiger partial charge in [-0.05, 0) is 55.7 Å². The van der Waals surface area contributed by atoms with Crippen molar-refractivity contribution in [2.24, 2.45) is 0 Å². The summed E-state index contributed by atoms with van der Waals surface area (Å²) >= 11 is 0. The first kappa shape index (κ1) is 19.8. The van der Waals surface area contributed by atoms with E-state index in [0.717, 1.165) is 28.6 Å². The second-order valence-corrected chi connectivity index (χ2v) is 6.03. The van der Waals surface area contributed by atoms with Crippen LogP contribution >= 0.6 is 0 Å². The highest BCUT2D eigenvalue weighted by atomic mass is 16.5. The summed E-state index contributed by atoms with van der Waals surface area (Å²) in [7, 11) is 4.87. The average molecular weight is 361 g/mol. The van der Waals surface area contributed by atoms with Crippen molar-refractivity contribution in [3.63, 3.8) is 0 Å².